The molecular weight excluding hydrogens is 330 g/mol. The highest BCUT2D eigenvalue weighted by Gasteiger charge is 2.34. The van der Waals surface area contributed by atoms with Crippen molar-refractivity contribution in [1.29, 1.82) is 0 Å². The van der Waals surface area contributed by atoms with Crippen LogP contribution in [0.3, 0.4) is 0 Å². The molecule has 8 heteroatoms. The third-order valence-electron chi connectivity index (χ3n) is 3.23. The van der Waals surface area contributed by atoms with E-state index in [9.17, 15) is 27.2 Å². The van der Waals surface area contributed by atoms with E-state index in [1.54, 1.807) is 0 Å². The Morgan fingerprint density at radius 2 is 1.92 bits per heavy atom. The van der Waals surface area contributed by atoms with Crippen molar-refractivity contribution in [1.82, 2.24) is 5.32 Å². The molecule has 134 valence electrons. The molecule has 0 heterocycles. The van der Waals surface area contributed by atoms with Crippen LogP contribution in [0.5, 0.6) is 0 Å². The van der Waals surface area contributed by atoms with Crippen LogP contribution in [0.15, 0.2) is 18.2 Å². The van der Waals surface area contributed by atoms with E-state index in [4.69, 9.17) is 4.74 Å². The molecule has 4 nitrogen and oxygen atoms in total. The minimum absolute atomic E-state index is 0.224. The predicted octanol–water partition coefficient (Wildman–Crippen LogP) is 3.70. The zero-order chi connectivity index (χ0) is 18.3. The average molecular weight is 349 g/mol. The predicted molar refractivity (Wildman–Crippen MR) is 78.8 cm³/mol. The molecule has 24 heavy (non-hydrogen) atoms. The fourth-order valence-corrected chi connectivity index (χ4v) is 1.87. The lowest BCUT2D eigenvalue weighted by Crippen LogP contribution is -2.39. The number of hydrogen-bond donors (Lipinski definition) is 1. The first-order valence-electron chi connectivity index (χ1n) is 7.51. The fourth-order valence-electron chi connectivity index (χ4n) is 1.87. The van der Waals surface area contributed by atoms with Gasteiger partial charge in [-0.1, -0.05) is 19.8 Å². The zero-order valence-corrected chi connectivity index (χ0v) is 13.4. The Morgan fingerprint density at radius 1 is 1.25 bits per heavy atom. The SMILES string of the molecule is CCCCCOC(=O)C(C)NC(=O)c1ccc(C(F)(F)F)c(F)c1. The first-order valence-corrected chi connectivity index (χ1v) is 7.51. The van der Waals surface area contributed by atoms with Crippen LogP contribution in [0.4, 0.5) is 17.6 Å². The Bertz CT molecular complexity index is 587. The Labute approximate surface area is 137 Å². The minimum Gasteiger partial charge on any atom is -0.464 e. The number of amides is 1. The largest absolute Gasteiger partial charge is 0.464 e. The highest BCUT2D eigenvalue weighted by Crippen LogP contribution is 2.31. The summed E-state index contributed by atoms with van der Waals surface area (Å²) in [5.41, 5.74) is -1.77. The maximum absolute atomic E-state index is 13.4. The van der Waals surface area contributed by atoms with Gasteiger partial charge in [0.2, 0.25) is 0 Å². The number of carbonyl (C=O) groups is 2. The number of unbranched alkanes of at least 4 members (excludes halogenated alkanes) is 2. The van der Waals surface area contributed by atoms with Gasteiger partial charge in [-0.3, -0.25) is 4.79 Å². The van der Waals surface area contributed by atoms with Crippen molar-refractivity contribution in [3.05, 3.63) is 35.1 Å². The summed E-state index contributed by atoms with van der Waals surface area (Å²) in [5, 5.41) is 2.26. The van der Waals surface area contributed by atoms with E-state index in [1.807, 2.05) is 6.92 Å². The van der Waals surface area contributed by atoms with Crippen LogP contribution in [0, 0.1) is 5.82 Å². The maximum Gasteiger partial charge on any atom is 0.419 e. The number of halogens is 4. The first kappa shape index (κ1) is 19.9. The lowest BCUT2D eigenvalue weighted by atomic mass is 10.1. The van der Waals surface area contributed by atoms with Gasteiger partial charge in [0, 0.05) is 5.56 Å². The quantitative estimate of drug-likeness (QED) is 0.464. The summed E-state index contributed by atoms with van der Waals surface area (Å²) in [4.78, 5) is 23.5. The van der Waals surface area contributed by atoms with Crippen molar-refractivity contribution in [2.24, 2.45) is 0 Å². The molecule has 0 radical (unpaired) electrons. The summed E-state index contributed by atoms with van der Waals surface area (Å²) in [6, 6.07) is 0.820. The molecule has 0 bridgehead atoms. The molecule has 0 spiro atoms. The molecule has 1 N–H and O–H groups in total. The van der Waals surface area contributed by atoms with Gasteiger partial charge in [0.05, 0.1) is 12.2 Å². The second-order valence-corrected chi connectivity index (χ2v) is 5.26. The van der Waals surface area contributed by atoms with Crippen LogP contribution in [0.25, 0.3) is 0 Å². The molecule has 1 atom stereocenters. The van der Waals surface area contributed by atoms with Gasteiger partial charge in [-0.15, -0.1) is 0 Å². The molecule has 1 aromatic carbocycles. The van der Waals surface area contributed by atoms with Gasteiger partial charge in [0.1, 0.15) is 11.9 Å². The van der Waals surface area contributed by atoms with Crippen molar-refractivity contribution in [3.8, 4) is 0 Å². The van der Waals surface area contributed by atoms with Gasteiger partial charge in [-0.25, -0.2) is 9.18 Å². The molecular formula is C16H19F4NO3. The van der Waals surface area contributed by atoms with E-state index in [0.29, 0.717) is 18.6 Å². The second kappa shape index (κ2) is 8.65. The van der Waals surface area contributed by atoms with E-state index >= 15 is 0 Å². The third kappa shape index (κ3) is 5.82. The number of hydrogen-bond acceptors (Lipinski definition) is 3. The van der Waals surface area contributed by atoms with E-state index in [2.05, 4.69) is 5.32 Å². The Morgan fingerprint density at radius 3 is 2.46 bits per heavy atom. The summed E-state index contributed by atoms with van der Waals surface area (Å²) < 4.78 is 55.8. The summed E-state index contributed by atoms with van der Waals surface area (Å²) in [6.07, 6.45) is -2.27. The van der Waals surface area contributed by atoms with Crippen molar-refractivity contribution in [3.63, 3.8) is 0 Å². The van der Waals surface area contributed by atoms with E-state index in [-0.39, 0.29) is 12.2 Å². The van der Waals surface area contributed by atoms with Gasteiger partial charge in [-0.05, 0) is 31.5 Å². The highest BCUT2D eigenvalue weighted by atomic mass is 19.4. The maximum atomic E-state index is 13.4. The summed E-state index contributed by atoms with van der Waals surface area (Å²) in [5.74, 6) is -3.07. The zero-order valence-electron chi connectivity index (χ0n) is 13.4. The van der Waals surface area contributed by atoms with Gasteiger partial charge in [-0.2, -0.15) is 13.2 Å². The smallest absolute Gasteiger partial charge is 0.419 e. The normalized spacial score (nSPS) is 12.6. The summed E-state index contributed by atoms with van der Waals surface area (Å²) >= 11 is 0. The molecule has 0 saturated heterocycles. The van der Waals surface area contributed by atoms with Gasteiger partial charge in [0.25, 0.3) is 5.91 Å². The molecule has 1 amide bonds. The molecule has 0 aromatic heterocycles. The van der Waals surface area contributed by atoms with Crippen LogP contribution in [0.2, 0.25) is 0 Å². The minimum atomic E-state index is -4.84. The Kier molecular flexibility index (Phi) is 7.18. The monoisotopic (exact) mass is 349 g/mol. The highest BCUT2D eigenvalue weighted by molar-refractivity contribution is 5.96. The molecule has 0 fully saturated rings. The van der Waals surface area contributed by atoms with Gasteiger partial charge >= 0.3 is 12.1 Å². The number of esters is 1. The molecule has 1 aromatic rings. The molecule has 0 aliphatic rings. The third-order valence-corrected chi connectivity index (χ3v) is 3.23. The second-order valence-electron chi connectivity index (χ2n) is 5.26. The van der Waals surface area contributed by atoms with Gasteiger partial charge < -0.3 is 10.1 Å². The molecule has 1 unspecified atom stereocenters. The topological polar surface area (TPSA) is 55.4 Å². The molecule has 0 saturated carbocycles. The lowest BCUT2D eigenvalue weighted by Gasteiger charge is -2.14. The van der Waals surface area contributed by atoms with E-state index in [1.165, 1.54) is 6.92 Å². The summed E-state index contributed by atoms with van der Waals surface area (Å²) in [6.45, 7) is 3.59. The number of benzene rings is 1. The fraction of sp³-hybridized carbons (Fsp3) is 0.500. The van der Waals surface area contributed by atoms with E-state index < -0.39 is 35.5 Å². The van der Waals surface area contributed by atoms with Crippen LogP contribution in [-0.2, 0) is 15.7 Å². The molecule has 0 aliphatic carbocycles. The van der Waals surface area contributed by atoms with Crippen LogP contribution < -0.4 is 5.32 Å². The van der Waals surface area contributed by atoms with Crippen molar-refractivity contribution >= 4 is 11.9 Å². The Balaban J connectivity index is 2.64. The van der Waals surface area contributed by atoms with Crippen LogP contribution >= 0.6 is 0 Å². The van der Waals surface area contributed by atoms with Crippen LogP contribution in [-0.4, -0.2) is 24.5 Å². The first-order chi connectivity index (χ1) is 11.2. The number of alkyl halides is 3. The van der Waals surface area contributed by atoms with Crippen molar-refractivity contribution in [2.75, 3.05) is 6.61 Å². The Hall–Kier alpha value is -2.12. The molecule has 0 aliphatic heterocycles. The number of ether oxygens (including phenoxy) is 1. The number of nitrogens with one attached hydrogen (secondary N) is 1. The lowest BCUT2D eigenvalue weighted by molar-refractivity contribution is -0.145. The van der Waals surface area contributed by atoms with Gasteiger partial charge in [0.15, 0.2) is 0 Å². The number of rotatable bonds is 7. The van der Waals surface area contributed by atoms with E-state index in [0.717, 1.165) is 18.9 Å². The molecule has 1 rings (SSSR count). The van der Waals surface area contributed by atoms with Crippen LogP contribution in [0.1, 0.15) is 49.0 Å². The summed E-state index contributed by atoms with van der Waals surface area (Å²) in [7, 11) is 0. The standard InChI is InChI=1S/C16H19F4NO3/c1-3-4-5-8-24-15(23)10(2)21-14(22)11-6-7-12(13(17)9-11)16(18,19)20/h6-7,9-10H,3-5,8H2,1-2H3,(H,21,22). The number of carbonyl (C=O) groups excluding carboxylic acids is 2. The average Bonchev–Trinajstić information content (AvgIpc) is 2.49. The van der Waals surface area contributed by atoms with Crippen molar-refractivity contribution in [2.45, 2.75) is 45.3 Å². The van der Waals surface area contributed by atoms with Crippen molar-refractivity contribution < 1.29 is 31.9 Å².